The van der Waals surface area contributed by atoms with Gasteiger partial charge in [0.05, 0.1) is 22.6 Å². The second-order valence-electron chi connectivity index (χ2n) is 9.00. The lowest BCUT2D eigenvalue weighted by atomic mass is 9.90. The number of nitriles is 1. The number of benzene rings is 2. The van der Waals surface area contributed by atoms with E-state index in [1.807, 2.05) is 12.1 Å². The molecule has 1 saturated heterocycles. The van der Waals surface area contributed by atoms with Crippen molar-refractivity contribution in [3.05, 3.63) is 92.5 Å². The van der Waals surface area contributed by atoms with Crippen LogP contribution in [-0.2, 0) is 6.42 Å². The average Bonchev–Trinajstić information content (AvgIpc) is 2.90. The molecule has 5 aromatic rings. The Morgan fingerprint density at radius 3 is 2.54 bits per heavy atom. The van der Waals surface area contributed by atoms with Crippen LogP contribution in [0.2, 0.25) is 0 Å². The van der Waals surface area contributed by atoms with Gasteiger partial charge in [0.15, 0.2) is 0 Å². The summed E-state index contributed by atoms with van der Waals surface area (Å²) in [5, 5.41) is 10.2. The number of pyridine rings is 1. The third-order valence-corrected chi connectivity index (χ3v) is 6.89. The Labute approximate surface area is 200 Å². The Morgan fingerprint density at radius 2 is 1.77 bits per heavy atom. The van der Waals surface area contributed by atoms with Gasteiger partial charge >= 0.3 is 0 Å². The fourth-order valence-corrected chi connectivity index (χ4v) is 5.05. The van der Waals surface area contributed by atoms with Gasteiger partial charge in [-0.1, -0.05) is 42.5 Å². The van der Waals surface area contributed by atoms with Crippen molar-refractivity contribution in [3.63, 3.8) is 0 Å². The smallest absolute Gasteiger partial charge is 0.266 e. The summed E-state index contributed by atoms with van der Waals surface area (Å²) in [7, 11) is 0. The van der Waals surface area contributed by atoms with Crippen LogP contribution in [0.15, 0.2) is 70.4 Å². The Bertz CT molecular complexity index is 1740. The number of para-hydroxylation sites is 1. The van der Waals surface area contributed by atoms with Crippen molar-refractivity contribution in [1.82, 2.24) is 19.4 Å². The van der Waals surface area contributed by atoms with Gasteiger partial charge in [-0.15, -0.1) is 0 Å². The molecule has 0 aliphatic carbocycles. The molecule has 0 amide bonds. The standard InChI is InChI=1S/C27H22N6O2/c28-15-20-24(34)23-22(33-25(20)30-21-9-5-4-8-19(21)26(33)35)16-29-27(31-23)32-12-10-18(11-13-32)14-17-6-2-1-3-7-17/h1-9,16,18,30H,10-14H2. The molecule has 0 saturated carbocycles. The van der Waals surface area contributed by atoms with Crippen molar-refractivity contribution in [2.45, 2.75) is 19.3 Å². The van der Waals surface area contributed by atoms with Crippen molar-refractivity contribution in [2.24, 2.45) is 5.92 Å². The Balaban J connectivity index is 1.40. The second-order valence-corrected chi connectivity index (χ2v) is 9.00. The summed E-state index contributed by atoms with van der Waals surface area (Å²) < 4.78 is 1.34. The summed E-state index contributed by atoms with van der Waals surface area (Å²) in [6.45, 7) is 1.57. The Hall–Kier alpha value is -4.51. The highest BCUT2D eigenvalue weighted by atomic mass is 16.1. The molecule has 1 fully saturated rings. The number of nitrogens with zero attached hydrogens (tertiary/aromatic N) is 5. The van der Waals surface area contributed by atoms with E-state index in [-0.39, 0.29) is 22.3 Å². The van der Waals surface area contributed by atoms with Crippen molar-refractivity contribution in [2.75, 3.05) is 18.0 Å². The lowest BCUT2D eigenvalue weighted by Gasteiger charge is -2.32. The predicted octanol–water partition coefficient (Wildman–Crippen LogP) is 3.41. The summed E-state index contributed by atoms with van der Waals surface area (Å²) in [6, 6.07) is 19.5. The minimum Gasteiger partial charge on any atom is -0.341 e. The number of fused-ring (bicyclic) bond motifs is 4. The molecule has 8 nitrogen and oxygen atoms in total. The highest BCUT2D eigenvalue weighted by Gasteiger charge is 2.23. The normalized spacial score (nSPS) is 14.5. The van der Waals surface area contributed by atoms with Crippen molar-refractivity contribution < 1.29 is 0 Å². The van der Waals surface area contributed by atoms with E-state index in [0.29, 0.717) is 28.3 Å². The molecule has 0 atom stereocenters. The fraction of sp³-hybridized carbons (Fsp3) is 0.222. The van der Waals surface area contributed by atoms with Gasteiger partial charge in [-0.05, 0) is 42.9 Å². The molecule has 35 heavy (non-hydrogen) atoms. The maximum absolute atomic E-state index is 13.3. The molecule has 0 radical (unpaired) electrons. The van der Waals surface area contributed by atoms with Crippen molar-refractivity contribution in [1.29, 1.82) is 5.26 Å². The third-order valence-electron chi connectivity index (χ3n) is 6.89. The van der Waals surface area contributed by atoms with Crippen LogP contribution in [0, 0.1) is 17.2 Å². The summed E-state index contributed by atoms with van der Waals surface area (Å²) in [4.78, 5) is 40.8. The lowest BCUT2D eigenvalue weighted by molar-refractivity contribution is 0.401. The molecular weight excluding hydrogens is 440 g/mol. The Kier molecular flexibility index (Phi) is 5.03. The first kappa shape index (κ1) is 21.1. The van der Waals surface area contributed by atoms with E-state index in [2.05, 4.69) is 44.1 Å². The van der Waals surface area contributed by atoms with Crippen molar-refractivity contribution in [3.8, 4) is 6.07 Å². The molecule has 1 N–H and O–H groups in total. The molecule has 3 aromatic heterocycles. The zero-order chi connectivity index (χ0) is 23.9. The monoisotopic (exact) mass is 462 g/mol. The minimum absolute atomic E-state index is 0.0799. The zero-order valence-corrected chi connectivity index (χ0v) is 18.9. The van der Waals surface area contributed by atoms with Gasteiger partial charge in [0.2, 0.25) is 11.4 Å². The predicted molar refractivity (Wildman–Crippen MR) is 135 cm³/mol. The van der Waals surface area contributed by atoms with Gasteiger partial charge < -0.3 is 9.88 Å². The summed E-state index contributed by atoms with van der Waals surface area (Å²) in [5.41, 5.74) is 1.47. The number of H-pyrrole nitrogens is 1. The maximum Gasteiger partial charge on any atom is 0.266 e. The van der Waals surface area contributed by atoms with Gasteiger partial charge in [0, 0.05) is 13.1 Å². The quantitative estimate of drug-likeness (QED) is 0.325. The number of aromatic nitrogens is 4. The molecule has 4 heterocycles. The molecule has 6 rings (SSSR count). The fourth-order valence-electron chi connectivity index (χ4n) is 5.05. The van der Waals surface area contributed by atoms with E-state index in [1.54, 1.807) is 24.3 Å². The largest absolute Gasteiger partial charge is 0.341 e. The molecule has 0 bridgehead atoms. The van der Waals surface area contributed by atoms with Crippen LogP contribution in [0.1, 0.15) is 24.0 Å². The molecule has 8 heteroatoms. The molecule has 1 aliphatic heterocycles. The Morgan fingerprint density at radius 1 is 1.03 bits per heavy atom. The molecule has 0 unspecified atom stereocenters. The second kappa shape index (κ2) is 8.37. The van der Waals surface area contributed by atoms with Crippen LogP contribution in [0.3, 0.4) is 0 Å². The van der Waals surface area contributed by atoms with E-state index in [4.69, 9.17) is 0 Å². The molecule has 1 aliphatic rings. The van der Waals surface area contributed by atoms with E-state index < -0.39 is 5.43 Å². The van der Waals surface area contributed by atoms with Crippen LogP contribution in [-0.4, -0.2) is 32.4 Å². The molecule has 0 spiro atoms. The lowest BCUT2D eigenvalue weighted by Crippen LogP contribution is -2.35. The number of aromatic amines is 1. The first-order chi connectivity index (χ1) is 17.1. The average molecular weight is 463 g/mol. The van der Waals surface area contributed by atoms with E-state index in [9.17, 15) is 14.9 Å². The molecular formula is C27H22N6O2. The number of rotatable bonds is 3. The molecule has 2 aromatic carbocycles. The number of hydrogen-bond acceptors (Lipinski definition) is 6. The first-order valence-corrected chi connectivity index (χ1v) is 11.7. The highest BCUT2D eigenvalue weighted by molar-refractivity contribution is 5.86. The number of nitrogens with one attached hydrogen (secondary N) is 1. The van der Waals surface area contributed by atoms with Gasteiger partial charge in [-0.25, -0.2) is 9.97 Å². The van der Waals surface area contributed by atoms with Crippen LogP contribution in [0.4, 0.5) is 5.95 Å². The summed E-state index contributed by atoms with van der Waals surface area (Å²) in [5.74, 6) is 1.04. The zero-order valence-electron chi connectivity index (χ0n) is 18.9. The van der Waals surface area contributed by atoms with Crippen LogP contribution >= 0.6 is 0 Å². The van der Waals surface area contributed by atoms with Crippen LogP contribution in [0.25, 0.3) is 27.6 Å². The van der Waals surface area contributed by atoms with Crippen LogP contribution < -0.4 is 15.9 Å². The summed E-state index contributed by atoms with van der Waals surface area (Å²) >= 11 is 0. The van der Waals surface area contributed by atoms with Gasteiger partial charge in [-0.2, -0.15) is 5.26 Å². The van der Waals surface area contributed by atoms with Gasteiger partial charge in [0.1, 0.15) is 22.8 Å². The third kappa shape index (κ3) is 3.53. The minimum atomic E-state index is -0.504. The van der Waals surface area contributed by atoms with Crippen LogP contribution in [0.5, 0.6) is 0 Å². The van der Waals surface area contributed by atoms with E-state index in [0.717, 1.165) is 32.4 Å². The highest BCUT2D eigenvalue weighted by Crippen LogP contribution is 2.25. The summed E-state index contributed by atoms with van der Waals surface area (Å²) in [6.07, 6.45) is 4.57. The number of hydrogen-bond donors (Lipinski definition) is 1. The SMILES string of the molecule is N#Cc1c(=O)c2nc(N3CCC(Cc4ccccc4)CC3)ncc2n2c(=O)c3ccccc3[nH]c12. The van der Waals surface area contributed by atoms with Crippen molar-refractivity contribution >= 4 is 33.5 Å². The molecule has 172 valence electrons. The first-order valence-electron chi connectivity index (χ1n) is 11.7. The van der Waals surface area contributed by atoms with Gasteiger partial charge in [0.25, 0.3) is 5.56 Å². The maximum atomic E-state index is 13.3. The van der Waals surface area contributed by atoms with E-state index >= 15 is 0 Å². The topological polar surface area (TPSA) is 107 Å². The number of piperidine rings is 1. The number of anilines is 1. The van der Waals surface area contributed by atoms with E-state index in [1.165, 1.54) is 16.2 Å². The van der Waals surface area contributed by atoms with Gasteiger partial charge in [-0.3, -0.25) is 14.0 Å².